The molecule has 2 rings (SSSR count). The standard InChI is InChI=1S/C15H15BrN2O3/c16-13-6-5-12(14(9-13)18(19)20)10-21-15-4-2-1-3-11(15)7-8-17/h1-6,9H,7-8,10,17H2. The van der Waals surface area contributed by atoms with Gasteiger partial charge in [-0.25, -0.2) is 0 Å². The van der Waals surface area contributed by atoms with E-state index in [-0.39, 0.29) is 12.3 Å². The number of nitrogens with two attached hydrogens (primary N) is 1. The number of nitro groups is 1. The zero-order valence-corrected chi connectivity index (χ0v) is 12.9. The SMILES string of the molecule is NCCc1ccccc1OCc1ccc(Br)cc1[N+](=O)[O-]. The van der Waals surface area contributed by atoms with E-state index in [9.17, 15) is 10.1 Å². The number of hydrogen-bond acceptors (Lipinski definition) is 4. The predicted molar refractivity (Wildman–Crippen MR) is 84.3 cm³/mol. The molecule has 0 saturated carbocycles. The Kier molecular flexibility index (Phi) is 5.30. The maximum absolute atomic E-state index is 11.1. The minimum absolute atomic E-state index is 0.0423. The van der Waals surface area contributed by atoms with Crippen molar-refractivity contribution in [1.82, 2.24) is 0 Å². The molecule has 0 aliphatic carbocycles. The molecule has 2 aromatic rings. The van der Waals surface area contributed by atoms with Gasteiger partial charge < -0.3 is 10.5 Å². The van der Waals surface area contributed by atoms with Crippen LogP contribution in [0.3, 0.4) is 0 Å². The highest BCUT2D eigenvalue weighted by Crippen LogP contribution is 2.26. The van der Waals surface area contributed by atoms with Crippen molar-refractivity contribution >= 4 is 21.6 Å². The van der Waals surface area contributed by atoms with Gasteiger partial charge in [0.1, 0.15) is 12.4 Å². The second-order valence-electron chi connectivity index (χ2n) is 4.47. The molecular formula is C15H15BrN2O3. The highest BCUT2D eigenvalue weighted by Gasteiger charge is 2.15. The van der Waals surface area contributed by atoms with Crippen molar-refractivity contribution in [2.45, 2.75) is 13.0 Å². The van der Waals surface area contributed by atoms with Crippen LogP contribution in [0.5, 0.6) is 5.75 Å². The molecule has 2 aromatic carbocycles. The lowest BCUT2D eigenvalue weighted by Crippen LogP contribution is -2.06. The van der Waals surface area contributed by atoms with Crippen molar-refractivity contribution < 1.29 is 9.66 Å². The first-order chi connectivity index (χ1) is 10.1. The molecule has 0 spiro atoms. The van der Waals surface area contributed by atoms with E-state index in [1.54, 1.807) is 12.1 Å². The lowest BCUT2D eigenvalue weighted by molar-refractivity contribution is -0.385. The van der Waals surface area contributed by atoms with E-state index in [1.165, 1.54) is 6.07 Å². The molecule has 0 aliphatic heterocycles. The summed E-state index contributed by atoms with van der Waals surface area (Å²) >= 11 is 3.23. The van der Waals surface area contributed by atoms with E-state index in [0.717, 1.165) is 5.56 Å². The number of ether oxygens (including phenoxy) is 1. The van der Waals surface area contributed by atoms with Gasteiger partial charge >= 0.3 is 0 Å². The fourth-order valence-corrected chi connectivity index (χ4v) is 2.34. The van der Waals surface area contributed by atoms with Crippen LogP contribution in [0.15, 0.2) is 46.9 Å². The van der Waals surface area contributed by atoms with Gasteiger partial charge in [0.2, 0.25) is 0 Å². The van der Waals surface area contributed by atoms with Gasteiger partial charge in [-0.15, -0.1) is 0 Å². The molecule has 0 radical (unpaired) electrons. The quantitative estimate of drug-likeness (QED) is 0.639. The molecule has 0 aliphatic rings. The molecule has 21 heavy (non-hydrogen) atoms. The van der Waals surface area contributed by atoms with Gasteiger partial charge in [0.05, 0.1) is 10.5 Å². The van der Waals surface area contributed by atoms with Gasteiger partial charge in [0.25, 0.3) is 5.69 Å². The summed E-state index contributed by atoms with van der Waals surface area (Å²) in [6, 6.07) is 12.5. The molecule has 0 fully saturated rings. The van der Waals surface area contributed by atoms with Gasteiger partial charge in [-0.05, 0) is 36.7 Å². The third-order valence-electron chi connectivity index (χ3n) is 3.01. The van der Waals surface area contributed by atoms with Crippen LogP contribution >= 0.6 is 15.9 Å². The fourth-order valence-electron chi connectivity index (χ4n) is 1.99. The first-order valence-corrected chi connectivity index (χ1v) is 7.24. The van der Waals surface area contributed by atoms with E-state index in [4.69, 9.17) is 10.5 Å². The second kappa shape index (κ2) is 7.19. The number of nitrogens with zero attached hydrogens (tertiary/aromatic N) is 1. The number of nitro benzene ring substituents is 1. The van der Waals surface area contributed by atoms with Crippen molar-refractivity contribution in [3.63, 3.8) is 0 Å². The van der Waals surface area contributed by atoms with E-state index < -0.39 is 4.92 Å². The smallest absolute Gasteiger partial charge is 0.277 e. The summed E-state index contributed by atoms with van der Waals surface area (Å²) in [6.45, 7) is 0.671. The number of para-hydroxylation sites is 1. The van der Waals surface area contributed by atoms with Gasteiger partial charge in [-0.3, -0.25) is 10.1 Å². The molecule has 5 nitrogen and oxygen atoms in total. The summed E-state index contributed by atoms with van der Waals surface area (Å²) in [5.74, 6) is 0.708. The summed E-state index contributed by atoms with van der Waals surface area (Å²) in [5, 5.41) is 11.1. The van der Waals surface area contributed by atoms with E-state index in [2.05, 4.69) is 15.9 Å². The van der Waals surface area contributed by atoms with Gasteiger partial charge in [-0.2, -0.15) is 0 Å². The van der Waals surface area contributed by atoms with E-state index in [1.807, 2.05) is 24.3 Å². The summed E-state index contributed by atoms with van der Waals surface area (Å²) < 4.78 is 6.40. The van der Waals surface area contributed by atoms with Crippen molar-refractivity contribution in [3.8, 4) is 5.75 Å². The summed E-state index contributed by atoms with van der Waals surface area (Å²) in [4.78, 5) is 10.7. The Morgan fingerprint density at radius 3 is 2.67 bits per heavy atom. The molecule has 2 N–H and O–H groups in total. The maximum atomic E-state index is 11.1. The Morgan fingerprint density at radius 2 is 1.95 bits per heavy atom. The Morgan fingerprint density at radius 1 is 1.19 bits per heavy atom. The first-order valence-electron chi connectivity index (χ1n) is 6.45. The van der Waals surface area contributed by atoms with Crippen LogP contribution in [0.4, 0.5) is 5.69 Å². The second-order valence-corrected chi connectivity index (χ2v) is 5.38. The molecule has 0 aromatic heterocycles. The lowest BCUT2D eigenvalue weighted by atomic mass is 10.1. The Labute approximate surface area is 131 Å². The van der Waals surface area contributed by atoms with Crippen molar-refractivity contribution in [2.75, 3.05) is 6.54 Å². The molecule has 0 heterocycles. The Bertz CT molecular complexity index is 647. The monoisotopic (exact) mass is 350 g/mol. The van der Waals surface area contributed by atoms with Crippen molar-refractivity contribution in [1.29, 1.82) is 0 Å². The number of rotatable bonds is 6. The molecule has 6 heteroatoms. The van der Waals surface area contributed by atoms with E-state index in [0.29, 0.717) is 28.8 Å². The van der Waals surface area contributed by atoms with Crippen molar-refractivity contribution in [3.05, 3.63) is 68.2 Å². The number of halogens is 1. The van der Waals surface area contributed by atoms with Crippen molar-refractivity contribution in [2.24, 2.45) is 5.73 Å². The van der Waals surface area contributed by atoms with Crippen LogP contribution in [0.25, 0.3) is 0 Å². The number of benzene rings is 2. The average molecular weight is 351 g/mol. The molecular weight excluding hydrogens is 336 g/mol. The van der Waals surface area contributed by atoms with Crippen LogP contribution in [0.2, 0.25) is 0 Å². The highest BCUT2D eigenvalue weighted by atomic mass is 79.9. The third kappa shape index (κ3) is 4.03. The Balaban J connectivity index is 2.19. The molecule has 0 atom stereocenters. The zero-order valence-electron chi connectivity index (χ0n) is 11.3. The lowest BCUT2D eigenvalue weighted by Gasteiger charge is -2.11. The Hall–Kier alpha value is -1.92. The molecule has 110 valence electrons. The maximum Gasteiger partial charge on any atom is 0.277 e. The van der Waals surface area contributed by atoms with Crippen LogP contribution in [-0.4, -0.2) is 11.5 Å². The molecule has 0 saturated heterocycles. The van der Waals surface area contributed by atoms with Gasteiger partial charge in [-0.1, -0.05) is 34.1 Å². The largest absolute Gasteiger partial charge is 0.488 e. The number of hydrogen-bond donors (Lipinski definition) is 1. The normalized spacial score (nSPS) is 10.4. The molecule has 0 unspecified atom stereocenters. The minimum atomic E-state index is -0.407. The van der Waals surface area contributed by atoms with Crippen LogP contribution in [-0.2, 0) is 13.0 Å². The zero-order chi connectivity index (χ0) is 15.2. The van der Waals surface area contributed by atoms with Crippen LogP contribution in [0, 0.1) is 10.1 Å². The predicted octanol–water partition coefficient (Wildman–Crippen LogP) is 3.44. The van der Waals surface area contributed by atoms with Gasteiger partial charge in [0, 0.05) is 10.5 Å². The average Bonchev–Trinajstić information content (AvgIpc) is 2.47. The van der Waals surface area contributed by atoms with Gasteiger partial charge in [0.15, 0.2) is 0 Å². The molecule has 0 bridgehead atoms. The topological polar surface area (TPSA) is 78.4 Å². The third-order valence-corrected chi connectivity index (χ3v) is 3.51. The summed E-state index contributed by atoms with van der Waals surface area (Å²) in [6.07, 6.45) is 0.707. The minimum Gasteiger partial charge on any atom is -0.488 e. The fraction of sp³-hybridized carbons (Fsp3) is 0.200. The summed E-state index contributed by atoms with van der Waals surface area (Å²) in [5.41, 5.74) is 7.14. The van der Waals surface area contributed by atoms with Crippen LogP contribution < -0.4 is 10.5 Å². The van der Waals surface area contributed by atoms with E-state index >= 15 is 0 Å². The highest BCUT2D eigenvalue weighted by molar-refractivity contribution is 9.10. The summed E-state index contributed by atoms with van der Waals surface area (Å²) in [7, 11) is 0. The van der Waals surface area contributed by atoms with Crippen LogP contribution in [0.1, 0.15) is 11.1 Å². The molecule has 0 amide bonds. The first kappa shape index (κ1) is 15.5.